The quantitative estimate of drug-likeness (QED) is 0.743. The first-order valence-electron chi connectivity index (χ1n) is 6.72. The Labute approximate surface area is 118 Å². The molecule has 1 aromatic rings. The van der Waals surface area contributed by atoms with Gasteiger partial charge in [-0.3, -0.25) is 4.79 Å². The van der Waals surface area contributed by atoms with E-state index in [1.54, 1.807) is 23.9 Å². The van der Waals surface area contributed by atoms with E-state index < -0.39 is 0 Å². The van der Waals surface area contributed by atoms with Gasteiger partial charge in [0.05, 0.1) is 0 Å². The average Bonchev–Trinajstić information content (AvgIpc) is 3.23. The molecule has 1 atom stereocenters. The zero-order valence-corrected chi connectivity index (χ0v) is 12.3. The predicted molar refractivity (Wildman–Crippen MR) is 76.7 cm³/mol. The highest BCUT2D eigenvalue weighted by molar-refractivity contribution is 7.99. The molecular formula is C15H20FNOS. The third kappa shape index (κ3) is 4.23. The second kappa shape index (κ2) is 6.42. The molecule has 0 radical (unpaired) electrons. The lowest BCUT2D eigenvalue weighted by Gasteiger charge is -2.24. The van der Waals surface area contributed by atoms with Crippen LogP contribution in [0.2, 0.25) is 0 Å². The van der Waals surface area contributed by atoms with E-state index in [0.717, 1.165) is 10.6 Å². The van der Waals surface area contributed by atoms with E-state index in [1.165, 1.54) is 25.0 Å². The number of hydrogen-bond donors (Lipinski definition) is 0. The lowest BCUT2D eigenvalue weighted by atomic mass is 10.2. The van der Waals surface area contributed by atoms with Gasteiger partial charge in [-0.25, -0.2) is 4.39 Å². The number of carbonyl (C=O) groups excluding carboxylic acids is 1. The summed E-state index contributed by atoms with van der Waals surface area (Å²) < 4.78 is 12.7. The maximum atomic E-state index is 12.7. The van der Waals surface area contributed by atoms with Crippen LogP contribution >= 0.6 is 11.8 Å². The molecule has 1 amide bonds. The van der Waals surface area contributed by atoms with Crippen LogP contribution in [0.4, 0.5) is 4.39 Å². The number of rotatable bonds is 6. The van der Waals surface area contributed by atoms with Crippen molar-refractivity contribution in [1.29, 1.82) is 0 Å². The molecule has 104 valence electrons. The summed E-state index contributed by atoms with van der Waals surface area (Å²) in [5, 5.41) is 0. The topological polar surface area (TPSA) is 20.3 Å². The first kappa shape index (κ1) is 14.4. The first-order chi connectivity index (χ1) is 9.08. The molecule has 1 aliphatic rings. The van der Waals surface area contributed by atoms with E-state index in [0.29, 0.717) is 18.4 Å². The maximum absolute atomic E-state index is 12.7. The van der Waals surface area contributed by atoms with Crippen LogP contribution in [-0.4, -0.2) is 29.6 Å². The van der Waals surface area contributed by atoms with Crippen LogP contribution in [0.1, 0.15) is 26.2 Å². The minimum absolute atomic E-state index is 0.203. The summed E-state index contributed by atoms with van der Waals surface area (Å²) in [6, 6.07) is 6.77. The maximum Gasteiger partial charge on any atom is 0.223 e. The summed E-state index contributed by atoms with van der Waals surface area (Å²) in [5.74, 6) is 1.43. The van der Waals surface area contributed by atoms with Gasteiger partial charge >= 0.3 is 0 Å². The molecule has 0 N–H and O–H groups in total. The fraction of sp³-hybridized carbons (Fsp3) is 0.533. The Morgan fingerprint density at radius 3 is 2.63 bits per heavy atom. The molecule has 0 saturated heterocycles. The van der Waals surface area contributed by atoms with Crippen molar-refractivity contribution < 1.29 is 9.18 Å². The third-order valence-corrected chi connectivity index (χ3v) is 4.72. The normalized spacial score (nSPS) is 16.2. The Bertz CT molecular complexity index is 430. The molecule has 1 unspecified atom stereocenters. The number of carbonyl (C=O) groups is 1. The first-order valence-corrected chi connectivity index (χ1v) is 7.70. The van der Waals surface area contributed by atoms with Crippen LogP contribution in [0.3, 0.4) is 0 Å². The summed E-state index contributed by atoms with van der Waals surface area (Å²) in [6.07, 6.45) is 3.04. The molecule has 19 heavy (non-hydrogen) atoms. The molecule has 1 aromatic carbocycles. The number of nitrogens with zero attached hydrogens (tertiary/aromatic N) is 1. The third-order valence-electron chi connectivity index (χ3n) is 3.71. The van der Waals surface area contributed by atoms with E-state index in [2.05, 4.69) is 6.92 Å². The fourth-order valence-corrected chi connectivity index (χ4v) is 2.93. The molecule has 1 aliphatic carbocycles. The molecule has 0 aliphatic heterocycles. The zero-order valence-electron chi connectivity index (χ0n) is 11.4. The van der Waals surface area contributed by atoms with Crippen molar-refractivity contribution in [3.63, 3.8) is 0 Å². The standard InChI is InChI=1S/C15H20FNOS/c1-11(12-3-4-12)17(2)15(18)9-10-19-14-7-5-13(16)6-8-14/h5-8,11-12H,3-4,9-10H2,1-2H3. The van der Waals surface area contributed by atoms with Gasteiger partial charge in [0.15, 0.2) is 0 Å². The van der Waals surface area contributed by atoms with Crippen LogP contribution in [0.5, 0.6) is 0 Å². The minimum Gasteiger partial charge on any atom is -0.343 e. The molecule has 0 aromatic heterocycles. The predicted octanol–water partition coefficient (Wildman–Crippen LogP) is 3.56. The van der Waals surface area contributed by atoms with Crippen molar-refractivity contribution in [3.05, 3.63) is 30.1 Å². The van der Waals surface area contributed by atoms with Crippen LogP contribution < -0.4 is 0 Å². The zero-order chi connectivity index (χ0) is 13.8. The molecule has 2 nitrogen and oxygen atoms in total. The van der Waals surface area contributed by atoms with E-state index in [1.807, 2.05) is 11.9 Å². The second-order valence-electron chi connectivity index (χ2n) is 5.14. The number of hydrogen-bond acceptors (Lipinski definition) is 2. The van der Waals surface area contributed by atoms with Gasteiger partial charge in [0, 0.05) is 30.2 Å². The van der Waals surface area contributed by atoms with E-state index in [4.69, 9.17) is 0 Å². The summed E-state index contributed by atoms with van der Waals surface area (Å²) in [7, 11) is 1.90. The Morgan fingerprint density at radius 1 is 1.42 bits per heavy atom. The fourth-order valence-electron chi connectivity index (χ4n) is 2.09. The highest BCUT2D eigenvalue weighted by atomic mass is 32.2. The van der Waals surface area contributed by atoms with Gasteiger partial charge in [0.2, 0.25) is 5.91 Å². The van der Waals surface area contributed by atoms with Gasteiger partial charge in [-0.2, -0.15) is 0 Å². The Balaban J connectivity index is 1.72. The van der Waals surface area contributed by atoms with E-state index in [-0.39, 0.29) is 11.7 Å². The Morgan fingerprint density at radius 2 is 2.05 bits per heavy atom. The Kier molecular flexibility index (Phi) is 4.86. The van der Waals surface area contributed by atoms with Crippen molar-refractivity contribution in [1.82, 2.24) is 4.90 Å². The molecule has 1 fully saturated rings. The van der Waals surface area contributed by atoms with Crippen LogP contribution in [0.15, 0.2) is 29.2 Å². The van der Waals surface area contributed by atoms with Crippen molar-refractivity contribution in [3.8, 4) is 0 Å². The van der Waals surface area contributed by atoms with Crippen molar-refractivity contribution in [2.24, 2.45) is 5.92 Å². The van der Waals surface area contributed by atoms with Gasteiger partial charge < -0.3 is 4.90 Å². The SMILES string of the molecule is CC(C1CC1)N(C)C(=O)CCSc1ccc(F)cc1. The number of halogens is 1. The molecule has 2 rings (SSSR count). The number of amides is 1. The monoisotopic (exact) mass is 281 g/mol. The summed E-state index contributed by atoms with van der Waals surface area (Å²) >= 11 is 1.60. The van der Waals surface area contributed by atoms with Gasteiger partial charge in [-0.05, 0) is 49.9 Å². The molecule has 0 bridgehead atoms. The van der Waals surface area contributed by atoms with Crippen LogP contribution in [0, 0.1) is 11.7 Å². The molecular weight excluding hydrogens is 261 g/mol. The largest absolute Gasteiger partial charge is 0.343 e. The van der Waals surface area contributed by atoms with E-state index >= 15 is 0 Å². The van der Waals surface area contributed by atoms with Gasteiger partial charge in [0.25, 0.3) is 0 Å². The highest BCUT2D eigenvalue weighted by Gasteiger charge is 2.32. The van der Waals surface area contributed by atoms with Crippen molar-refractivity contribution >= 4 is 17.7 Å². The number of benzene rings is 1. The lowest BCUT2D eigenvalue weighted by molar-refractivity contribution is -0.131. The summed E-state index contributed by atoms with van der Waals surface area (Å²) in [5.41, 5.74) is 0. The Hall–Kier alpha value is -1.03. The van der Waals surface area contributed by atoms with Crippen molar-refractivity contribution in [2.75, 3.05) is 12.8 Å². The van der Waals surface area contributed by atoms with E-state index in [9.17, 15) is 9.18 Å². The molecule has 1 saturated carbocycles. The summed E-state index contributed by atoms with van der Waals surface area (Å²) in [6.45, 7) is 2.13. The lowest BCUT2D eigenvalue weighted by Crippen LogP contribution is -2.36. The average molecular weight is 281 g/mol. The molecule has 0 heterocycles. The molecule has 0 spiro atoms. The number of thioether (sulfide) groups is 1. The van der Waals surface area contributed by atoms with Gasteiger partial charge in [0.1, 0.15) is 5.82 Å². The second-order valence-corrected chi connectivity index (χ2v) is 6.30. The van der Waals surface area contributed by atoms with Crippen molar-refractivity contribution in [2.45, 2.75) is 37.1 Å². The highest BCUT2D eigenvalue weighted by Crippen LogP contribution is 2.34. The summed E-state index contributed by atoms with van der Waals surface area (Å²) in [4.78, 5) is 14.9. The van der Waals surface area contributed by atoms with Gasteiger partial charge in [-0.15, -0.1) is 11.8 Å². The van der Waals surface area contributed by atoms with Crippen LogP contribution in [-0.2, 0) is 4.79 Å². The van der Waals surface area contributed by atoms with Crippen LogP contribution in [0.25, 0.3) is 0 Å². The van der Waals surface area contributed by atoms with Gasteiger partial charge in [-0.1, -0.05) is 0 Å². The molecule has 4 heteroatoms. The smallest absolute Gasteiger partial charge is 0.223 e. The minimum atomic E-state index is -0.224.